The van der Waals surface area contributed by atoms with Crippen LogP contribution in [0.4, 0.5) is 0 Å². The first-order chi connectivity index (χ1) is 18.1. The average Bonchev–Trinajstić information content (AvgIpc) is 2.90. The van der Waals surface area contributed by atoms with Gasteiger partial charge in [-0.3, -0.25) is 0 Å². The third kappa shape index (κ3) is 15.6. The SMILES string of the molecule is BrCCCCCCC(CCCOCCCC(CCCCCCBr)c1cccc(Br)c1)c1cccc(Br)c1. The van der Waals surface area contributed by atoms with Crippen LogP contribution < -0.4 is 0 Å². The molecule has 0 radical (unpaired) electrons. The Labute approximate surface area is 260 Å². The van der Waals surface area contributed by atoms with Crippen molar-refractivity contribution in [3.05, 3.63) is 68.6 Å². The molecule has 2 aromatic rings. The predicted molar refractivity (Wildman–Crippen MR) is 177 cm³/mol. The maximum absolute atomic E-state index is 6.14. The number of alkyl halides is 2. The Morgan fingerprint density at radius 3 is 1.32 bits per heavy atom. The van der Waals surface area contributed by atoms with Gasteiger partial charge in [0.25, 0.3) is 0 Å². The third-order valence-corrected chi connectivity index (χ3v) is 9.30. The Morgan fingerprint density at radius 1 is 0.514 bits per heavy atom. The van der Waals surface area contributed by atoms with Gasteiger partial charge in [-0.1, -0.05) is 127 Å². The van der Waals surface area contributed by atoms with E-state index in [1.54, 1.807) is 0 Å². The Balaban J connectivity index is 1.73. The standard InChI is InChI=1S/C32H46Br4O/c33-21-7-3-1-5-13-27(29-15-9-19-31(35)25-29)17-11-23-37-24-12-18-28(14-6-2-4-8-22-34)30-16-10-20-32(36)26-30/h9-10,15-16,19-20,25-28H,1-8,11-14,17-18,21-24H2. The fraction of sp³-hybridized carbons (Fsp3) is 0.625. The van der Waals surface area contributed by atoms with Crippen molar-refractivity contribution in [3.63, 3.8) is 0 Å². The van der Waals surface area contributed by atoms with Gasteiger partial charge in [0.15, 0.2) is 0 Å². The van der Waals surface area contributed by atoms with E-state index in [1.165, 1.54) is 97.1 Å². The highest BCUT2D eigenvalue weighted by atomic mass is 79.9. The number of rotatable bonds is 22. The van der Waals surface area contributed by atoms with E-state index < -0.39 is 0 Å². The summed E-state index contributed by atoms with van der Waals surface area (Å²) in [5, 5.41) is 2.25. The largest absolute Gasteiger partial charge is 0.381 e. The molecule has 0 amide bonds. The number of hydrogen-bond acceptors (Lipinski definition) is 1. The van der Waals surface area contributed by atoms with Crippen molar-refractivity contribution in [1.82, 2.24) is 0 Å². The smallest absolute Gasteiger partial charge is 0.0466 e. The van der Waals surface area contributed by atoms with Crippen LogP contribution in [0.5, 0.6) is 0 Å². The molecule has 2 aromatic carbocycles. The molecule has 5 heteroatoms. The van der Waals surface area contributed by atoms with E-state index in [4.69, 9.17) is 4.74 Å². The second kappa shape index (κ2) is 22.1. The van der Waals surface area contributed by atoms with Crippen LogP contribution in [0, 0.1) is 0 Å². The van der Waals surface area contributed by atoms with Gasteiger partial charge in [-0.05, 0) is 98.6 Å². The summed E-state index contributed by atoms with van der Waals surface area (Å²) in [7, 11) is 0. The average molecular weight is 766 g/mol. The highest BCUT2D eigenvalue weighted by Gasteiger charge is 2.13. The molecule has 0 aliphatic carbocycles. The van der Waals surface area contributed by atoms with E-state index in [0.29, 0.717) is 11.8 Å². The molecule has 208 valence electrons. The van der Waals surface area contributed by atoms with Crippen molar-refractivity contribution in [3.8, 4) is 0 Å². The maximum Gasteiger partial charge on any atom is 0.0466 e. The summed E-state index contributed by atoms with van der Waals surface area (Å²) in [6.07, 6.45) is 17.8. The molecule has 2 unspecified atom stereocenters. The molecular weight excluding hydrogens is 720 g/mol. The zero-order valence-corrected chi connectivity index (χ0v) is 28.8. The number of benzene rings is 2. The summed E-state index contributed by atoms with van der Waals surface area (Å²) in [6.45, 7) is 1.75. The maximum atomic E-state index is 6.14. The summed E-state index contributed by atoms with van der Waals surface area (Å²) in [6, 6.07) is 17.8. The van der Waals surface area contributed by atoms with Crippen molar-refractivity contribution in [2.75, 3.05) is 23.9 Å². The van der Waals surface area contributed by atoms with E-state index in [0.717, 1.165) is 36.7 Å². The number of hydrogen-bond donors (Lipinski definition) is 0. The fourth-order valence-corrected chi connectivity index (χ4v) is 6.75. The van der Waals surface area contributed by atoms with Gasteiger partial charge in [0.05, 0.1) is 0 Å². The monoisotopic (exact) mass is 762 g/mol. The Morgan fingerprint density at radius 2 is 0.919 bits per heavy atom. The van der Waals surface area contributed by atoms with Crippen molar-refractivity contribution in [2.45, 2.75) is 102 Å². The van der Waals surface area contributed by atoms with Gasteiger partial charge in [0.2, 0.25) is 0 Å². The second-order valence-electron chi connectivity index (χ2n) is 10.2. The Bertz CT molecular complexity index is 760. The zero-order valence-electron chi connectivity index (χ0n) is 22.4. The molecule has 0 fully saturated rings. The minimum absolute atomic E-state index is 0.635. The first kappa shape index (κ1) is 33.5. The quantitative estimate of drug-likeness (QED) is 0.0857. The normalized spacial score (nSPS) is 13.1. The van der Waals surface area contributed by atoms with Crippen LogP contribution in [-0.4, -0.2) is 23.9 Å². The molecule has 0 N–H and O–H groups in total. The predicted octanol–water partition coefficient (Wildman–Crippen LogP) is 12.3. The molecule has 0 aliphatic rings. The molecule has 37 heavy (non-hydrogen) atoms. The van der Waals surface area contributed by atoms with Gasteiger partial charge in [0, 0.05) is 32.8 Å². The number of ether oxygens (including phenoxy) is 1. The summed E-state index contributed by atoms with van der Waals surface area (Å²) in [5.74, 6) is 1.27. The lowest BCUT2D eigenvalue weighted by Gasteiger charge is -2.19. The van der Waals surface area contributed by atoms with Gasteiger partial charge in [-0.15, -0.1) is 0 Å². The van der Waals surface area contributed by atoms with Gasteiger partial charge in [-0.2, -0.15) is 0 Å². The summed E-state index contributed by atoms with van der Waals surface area (Å²) >= 11 is 14.4. The Kier molecular flexibility index (Phi) is 20.0. The van der Waals surface area contributed by atoms with Crippen molar-refractivity contribution >= 4 is 63.7 Å². The minimum atomic E-state index is 0.635. The lowest BCUT2D eigenvalue weighted by molar-refractivity contribution is 0.123. The van der Waals surface area contributed by atoms with E-state index in [9.17, 15) is 0 Å². The number of halogens is 4. The minimum Gasteiger partial charge on any atom is -0.381 e. The second-order valence-corrected chi connectivity index (χ2v) is 13.6. The van der Waals surface area contributed by atoms with Crippen LogP contribution in [0.3, 0.4) is 0 Å². The van der Waals surface area contributed by atoms with Crippen LogP contribution in [0.2, 0.25) is 0 Å². The molecule has 2 atom stereocenters. The van der Waals surface area contributed by atoms with Crippen LogP contribution in [-0.2, 0) is 4.74 Å². The Hall–Kier alpha value is 0.320. The lowest BCUT2D eigenvalue weighted by atomic mass is 9.89. The van der Waals surface area contributed by atoms with Crippen molar-refractivity contribution in [2.24, 2.45) is 0 Å². The molecule has 0 saturated heterocycles. The van der Waals surface area contributed by atoms with Crippen molar-refractivity contribution in [1.29, 1.82) is 0 Å². The first-order valence-corrected chi connectivity index (χ1v) is 18.2. The fourth-order valence-electron chi connectivity index (χ4n) is 5.12. The molecule has 0 bridgehead atoms. The van der Waals surface area contributed by atoms with Crippen LogP contribution in [0.25, 0.3) is 0 Å². The van der Waals surface area contributed by atoms with E-state index in [2.05, 4.69) is 112 Å². The zero-order chi connectivity index (χ0) is 26.6. The van der Waals surface area contributed by atoms with Crippen LogP contribution in [0.1, 0.15) is 113 Å². The van der Waals surface area contributed by atoms with E-state index in [-0.39, 0.29) is 0 Å². The van der Waals surface area contributed by atoms with Gasteiger partial charge in [0.1, 0.15) is 0 Å². The molecule has 1 nitrogen and oxygen atoms in total. The van der Waals surface area contributed by atoms with Crippen LogP contribution in [0.15, 0.2) is 57.5 Å². The van der Waals surface area contributed by atoms with E-state index in [1.807, 2.05) is 0 Å². The highest BCUT2D eigenvalue weighted by Crippen LogP contribution is 2.31. The first-order valence-electron chi connectivity index (χ1n) is 14.3. The third-order valence-electron chi connectivity index (χ3n) is 7.20. The molecule has 0 aromatic heterocycles. The molecule has 2 rings (SSSR count). The molecule has 0 saturated carbocycles. The summed E-state index contributed by atoms with van der Waals surface area (Å²) in [5.41, 5.74) is 2.95. The summed E-state index contributed by atoms with van der Waals surface area (Å²) < 4.78 is 8.52. The molecular formula is C32H46Br4O. The summed E-state index contributed by atoms with van der Waals surface area (Å²) in [4.78, 5) is 0. The van der Waals surface area contributed by atoms with Gasteiger partial charge < -0.3 is 4.74 Å². The number of unbranched alkanes of at least 4 members (excludes halogenated alkanes) is 6. The molecule has 0 aliphatic heterocycles. The van der Waals surface area contributed by atoms with E-state index >= 15 is 0 Å². The van der Waals surface area contributed by atoms with Crippen molar-refractivity contribution < 1.29 is 4.74 Å². The van der Waals surface area contributed by atoms with Gasteiger partial charge >= 0.3 is 0 Å². The molecule has 0 spiro atoms. The highest BCUT2D eigenvalue weighted by molar-refractivity contribution is 9.11. The lowest BCUT2D eigenvalue weighted by Crippen LogP contribution is -2.05. The van der Waals surface area contributed by atoms with Crippen LogP contribution >= 0.6 is 63.7 Å². The topological polar surface area (TPSA) is 9.23 Å². The van der Waals surface area contributed by atoms with Gasteiger partial charge in [-0.25, -0.2) is 0 Å². The molecule has 0 heterocycles.